The Labute approximate surface area is 115 Å². The molecule has 0 aliphatic heterocycles. The summed E-state index contributed by atoms with van der Waals surface area (Å²) in [5.41, 5.74) is 0.582. The molecule has 1 unspecified atom stereocenters. The molecule has 1 aromatic heterocycles. The number of nitrogens with one attached hydrogen (secondary N) is 1. The van der Waals surface area contributed by atoms with Crippen LogP contribution in [0.1, 0.15) is 17.4 Å². The normalized spacial score (nSPS) is 12.5. The monoisotopic (exact) mass is 275 g/mol. The number of carbonyl (C=O) groups is 1. The van der Waals surface area contributed by atoms with E-state index >= 15 is 0 Å². The third kappa shape index (κ3) is 3.80. The highest BCUT2D eigenvalue weighted by atomic mass is 19.1. The number of rotatable bonds is 5. The molecule has 1 heterocycles. The van der Waals surface area contributed by atoms with Gasteiger partial charge in [0, 0.05) is 6.08 Å². The van der Waals surface area contributed by atoms with Gasteiger partial charge in [-0.05, 0) is 35.9 Å². The molecule has 5 heteroatoms. The highest BCUT2D eigenvalue weighted by Gasteiger charge is 2.14. The molecule has 0 saturated carbocycles. The van der Waals surface area contributed by atoms with Gasteiger partial charge in [0.25, 0.3) is 0 Å². The Bertz CT molecular complexity index is 593. The maximum Gasteiger partial charge on any atom is 0.244 e. The molecule has 4 nitrogen and oxygen atoms in total. The van der Waals surface area contributed by atoms with Crippen molar-refractivity contribution in [2.24, 2.45) is 0 Å². The van der Waals surface area contributed by atoms with Crippen molar-refractivity contribution in [1.29, 1.82) is 0 Å². The van der Waals surface area contributed by atoms with Crippen LogP contribution in [0.5, 0.6) is 0 Å². The maximum atomic E-state index is 13.0. The van der Waals surface area contributed by atoms with E-state index in [4.69, 9.17) is 4.42 Å². The molecular formula is C15H14FNO3. The number of hydrogen-bond acceptors (Lipinski definition) is 3. The van der Waals surface area contributed by atoms with Gasteiger partial charge in [0.2, 0.25) is 5.91 Å². The van der Waals surface area contributed by atoms with Crippen molar-refractivity contribution in [3.63, 3.8) is 0 Å². The first kappa shape index (κ1) is 14.0. The van der Waals surface area contributed by atoms with Gasteiger partial charge in [-0.15, -0.1) is 0 Å². The van der Waals surface area contributed by atoms with Crippen LogP contribution in [0.3, 0.4) is 0 Å². The summed E-state index contributed by atoms with van der Waals surface area (Å²) in [7, 11) is 0. The zero-order valence-electron chi connectivity index (χ0n) is 10.6. The van der Waals surface area contributed by atoms with E-state index in [0.29, 0.717) is 11.3 Å². The molecule has 0 saturated heterocycles. The lowest BCUT2D eigenvalue weighted by molar-refractivity contribution is -0.117. The summed E-state index contributed by atoms with van der Waals surface area (Å²) in [6.07, 6.45) is 4.24. The SMILES string of the molecule is O=C(/C=C/c1cccc(F)c1)NC(CO)c1ccco1. The van der Waals surface area contributed by atoms with Gasteiger partial charge in [0.05, 0.1) is 12.9 Å². The summed E-state index contributed by atoms with van der Waals surface area (Å²) in [6.45, 7) is -0.271. The Morgan fingerprint density at radius 2 is 2.25 bits per heavy atom. The predicted octanol–water partition coefficient (Wildman–Crippen LogP) is 2.28. The minimum Gasteiger partial charge on any atom is -0.467 e. The Balaban J connectivity index is 1.98. The van der Waals surface area contributed by atoms with Crippen LogP contribution in [0.4, 0.5) is 4.39 Å². The van der Waals surface area contributed by atoms with E-state index in [0.717, 1.165) is 0 Å². The predicted molar refractivity (Wildman–Crippen MR) is 72.1 cm³/mol. The quantitative estimate of drug-likeness (QED) is 0.823. The van der Waals surface area contributed by atoms with Crippen LogP contribution in [0.25, 0.3) is 6.08 Å². The Morgan fingerprint density at radius 3 is 2.90 bits per heavy atom. The smallest absolute Gasteiger partial charge is 0.244 e. The molecule has 1 aromatic carbocycles. The Morgan fingerprint density at radius 1 is 1.40 bits per heavy atom. The van der Waals surface area contributed by atoms with Crippen molar-refractivity contribution in [2.45, 2.75) is 6.04 Å². The molecule has 2 N–H and O–H groups in total. The lowest BCUT2D eigenvalue weighted by atomic mass is 10.2. The lowest BCUT2D eigenvalue weighted by Gasteiger charge is -2.11. The summed E-state index contributed by atoms with van der Waals surface area (Å²) in [6, 6.07) is 8.63. The highest BCUT2D eigenvalue weighted by molar-refractivity contribution is 5.91. The van der Waals surface area contributed by atoms with Crippen molar-refractivity contribution >= 4 is 12.0 Å². The fourth-order valence-electron chi connectivity index (χ4n) is 1.70. The molecule has 0 aliphatic carbocycles. The van der Waals surface area contributed by atoms with Crippen molar-refractivity contribution in [2.75, 3.05) is 6.61 Å². The number of aliphatic hydroxyl groups excluding tert-OH is 1. The largest absolute Gasteiger partial charge is 0.467 e. The van der Waals surface area contributed by atoms with E-state index in [1.807, 2.05) is 0 Å². The molecular weight excluding hydrogens is 261 g/mol. The van der Waals surface area contributed by atoms with Crippen molar-refractivity contribution in [3.8, 4) is 0 Å². The molecule has 2 aromatic rings. The number of carbonyl (C=O) groups excluding carboxylic acids is 1. The maximum absolute atomic E-state index is 13.0. The van der Waals surface area contributed by atoms with Gasteiger partial charge in [-0.1, -0.05) is 12.1 Å². The molecule has 0 bridgehead atoms. The first-order chi connectivity index (χ1) is 9.69. The first-order valence-electron chi connectivity index (χ1n) is 6.07. The summed E-state index contributed by atoms with van der Waals surface area (Å²) in [4.78, 5) is 11.7. The van der Waals surface area contributed by atoms with E-state index in [9.17, 15) is 14.3 Å². The highest BCUT2D eigenvalue weighted by Crippen LogP contribution is 2.12. The molecule has 0 spiro atoms. The van der Waals surface area contributed by atoms with Gasteiger partial charge in [-0.2, -0.15) is 0 Å². The molecule has 0 aliphatic rings. The van der Waals surface area contributed by atoms with Crippen LogP contribution in [0.2, 0.25) is 0 Å². The second-order valence-corrected chi connectivity index (χ2v) is 4.15. The summed E-state index contributed by atoms with van der Waals surface area (Å²) in [5.74, 6) is -0.291. The summed E-state index contributed by atoms with van der Waals surface area (Å²) in [5, 5.41) is 11.8. The minimum absolute atomic E-state index is 0.271. The second kappa shape index (κ2) is 6.68. The van der Waals surface area contributed by atoms with Crippen molar-refractivity contribution < 1.29 is 18.7 Å². The molecule has 104 valence electrons. The van der Waals surface area contributed by atoms with Gasteiger partial charge >= 0.3 is 0 Å². The number of halogens is 1. The fraction of sp³-hybridized carbons (Fsp3) is 0.133. The standard InChI is InChI=1S/C15H14FNO3/c16-12-4-1-3-11(9-12)6-7-15(19)17-13(10-18)14-5-2-8-20-14/h1-9,13,18H,10H2,(H,17,19)/b7-6+. The zero-order chi connectivity index (χ0) is 14.4. The number of furan rings is 1. The molecule has 0 fully saturated rings. The van der Waals surface area contributed by atoms with Gasteiger partial charge in [-0.25, -0.2) is 4.39 Å². The van der Waals surface area contributed by atoms with E-state index < -0.39 is 11.9 Å². The van der Waals surface area contributed by atoms with Gasteiger partial charge in [0.15, 0.2) is 0 Å². The van der Waals surface area contributed by atoms with Gasteiger partial charge in [-0.3, -0.25) is 4.79 Å². The van der Waals surface area contributed by atoms with Crippen LogP contribution in [0.15, 0.2) is 53.2 Å². The molecule has 20 heavy (non-hydrogen) atoms. The van der Waals surface area contributed by atoms with E-state index in [2.05, 4.69) is 5.32 Å². The second-order valence-electron chi connectivity index (χ2n) is 4.15. The van der Waals surface area contributed by atoms with Crippen LogP contribution < -0.4 is 5.32 Å². The van der Waals surface area contributed by atoms with Crippen LogP contribution in [0, 0.1) is 5.82 Å². The van der Waals surface area contributed by atoms with E-state index in [1.165, 1.54) is 30.5 Å². The summed E-state index contributed by atoms with van der Waals surface area (Å²) >= 11 is 0. The summed E-state index contributed by atoms with van der Waals surface area (Å²) < 4.78 is 18.1. The average Bonchev–Trinajstić information content (AvgIpc) is 2.96. The topological polar surface area (TPSA) is 62.5 Å². The zero-order valence-corrected chi connectivity index (χ0v) is 10.6. The molecule has 1 atom stereocenters. The third-order valence-electron chi connectivity index (χ3n) is 2.66. The van der Waals surface area contributed by atoms with Crippen molar-refractivity contribution in [1.82, 2.24) is 5.32 Å². The van der Waals surface area contributed by atoms with Gasteiger partial charge < -0.3 is 14.8 Å². The van der Waals surface area contributed by atoms with Gasteiger partial charge in [0.1, 0.15) is 17.6 Å². The van der Waals surface area contributed by atoms with Crippen LogP contribution >= 0.6 is 0 Å². The lowest BCUT2D eigenvalue weighted by Crippen LogP contribution is -2.28. The Kier molecular flexibility index (Phi) is 4.68. The average molecular weight is 275 g/mol. The number of benzene rings is 1. The van der Waals surface area contributed by atoms with Crippen molar-refractivity contribution in [3.05, 3.63) is 65.9 Å². The minimum atomic E-state index is -0.602. The molecule has 1 amide bonds. The van der Waals surface area contributed by atoms with Crippen LogP contribution in [-0.4, -0.2) is 17.6 Å². The molecule has 0 radical (unpaired) electrons. The van der Waals surface area contributed by atoms with Crippen LogP contribution in [-0.2, 0) is 4.79 Å². The third-order valence-corrected chi connectivity index (χ3v) is 2.66. The van der Waals surface area contributed by atoms with E-state index in [1.54, 1.807) is 24.3 Å². The number of amides is 1. The number of aliphatic hydroxyl groups is 1. The Hall–Kier alpha value is -2.40. The molecule has 2 rings (SSSR count). The fourth-order valence-corrected chi connectivity index (χ4v) is 1.70. The first-order valence-corrected chi connectivity index (χ1v) is 6.07. The number of hydrogen-bond donors (Lipinski definition) is 2. The van der Waals surface area contributed by atoms with E-state index in [-0.39, 0.29) is 12.4 Å².